The van der Waals surface area contributed by atoms with E-state index in [4.69, 9.17) is 0 Å². The number of hydrogen-bond acceptors (Lipinski definition) is 3. The van der Waals surface area contributed by atoms with Gasteiger partial charge in [0.15, 0.2) is 5.78 Å². The number of rotatable bonds is 8. The Balaban J connectivity index is 1.30. The molecule has 1 fully saturated rings. The van der Waals surface area contributed by atoms with Crippen LogP contribution in [-0.4, -0.2) is 35.4 Å². The lowest BCUT2D eigenvalue weighted by atomic mass is 9.76. The van der Waals surface area contributed by atoms with Crippen LogP contribution in [0.15, 0.2) is 78.9 Å². The zero-order chi connectivity index (χ0) is 24.8. The third-order valence-corrected chi connectivity index (χ3v) is 7.43. The number of phenolic OH excluding ortho intramolecular Hbond substituents is 1. The topological polar surface area (TPSA) is 40.5 Å². The van der Waals surface area contributed by atoms with Gasteiger partial charge in [-0.05, 0) is 73.0 Å². The van der Waals surface area contributed by atoms with Gasteiger partial charge in [-0.2, -0.15) is 0 Å². The number of phenols is 1. The quantitative estimate of drug-likeness (QED) is 0.355. The highest BCUT2D eigenvalue weighted by molar-refractivity contribution is 5.96. The standard InChI is InChI=1S/C32H39NO2/c1-32(2,3)28-17-16-27(23-30(28)35)29(34)15-10-20-33-21-18-26(19-22-33)31(24-11-6-4-7-12-24)25-13-8-5-9-14-25/h4-9,11-14,16-17,23,26,31,35H,10,15,18-22H2,1-3H3. The summed E-state index contributed by atoms with van der Waals surface area (Å²) in [5, 5.41) is 10.4. The number of Topliss-reactive ketones (excluding diaryl/α,β-unsaturated/α-hetero) is 1. The van der Waals surface area contributed by atoms with E-state index >= 15 is 0 Å². The van der Waals surface area contributed by atoms with E-state index in [0.29, 0.717) is 23.8 Å². The average Bonchev–Trinajstić information content (AvgIpc) is 2.85. The van der Waals surface area contributed by atoms with E-state index in [9.17, 15) is 9.90 Å². The van der Waals surface area contributed by atoms with Gasteiger partial charge in [-0.25, -0.2) is 0 Å². The van der Waals surface area contributed by atoms with Gasteiger partial charge >= 0.3 is 0 Å². The largest absolute Gasteiger partial charge is 0.508 e. The summed E-state index contributed by atoms with van der Waals surface area (Å²) in [5.41, 5.74) is 4.16. The molecule has 3 aromatic rings. The summed E-state index contributed by atoms with van der Waals surface area (Å²) < 4.78 is 0. The SMILES string of the molecule is CC(C)(C)c1ccc(C(=O)CCCN2CCC(C(c3ccccc3)c3ccccc3)CC2)cc1O. The Hall–Kier alpha value is -2.91. The summed E-state index contributed by atoms with van der Waals surface area (Å²) >= 11 is 0. The van der Waals surface area contributed by atoms with Crippen LogP contribution in [0.3, 0.4) is 0 Å². The van der Waals surface area contributed by atoms with Gasteiger partial charge in [-0.1, -0.05) is 93.6 Å². The Labute approximate surface area is 210 Å². The van der Waals surface area contributed by atoms with Crippen LogP contribution < -0.4 is 0 Å². The Kier molecular flexibility index (Phi) is 8.07. The second kappa shape index (κ2) is 11.2. The molecule has 3 aromatic carbocycles. The molecule has 1 aliphatic heterocycles. The van der Waals surface area contributed by atoms with Crippen molar-refractivity contribution in [2.75, 3.05) is 19.6 Å². The van der Waals surface area contributed by atoms with Gasteiger partial charge in [0.1, 0.15) is 5.75 Å². The summed E-state index contributed by atoms with van der Waals surface area (Å²) in [6.45, 7) is 9.30. The van der Waals surface area contributed by atoms with Crippen LogP contribution in [0.4, 0.5) is 0 Å². The van der Waals surface area contributed by atoms with Gasteiger partial charge in [0.25, 0.3) is 0 Å². The Morgan fingerprint density at radius 3 is 2.00 bits per heavy atom. The maximum Gasteiger partial charge on any atom is 0.163 e. The molecule has 1 aliphatic rings. The summed E-state index contributed by atoms with van der Waals surface area (Å²) in [6, 6.07) is 27.2. The third-order valence-electron chi connectivity index (χ3n) is 7.43. The fraction of sp³-hybridized carbons (Fsp3) is 0.406. The first-order valence-electron chi connectivity index (χ1n) is 13.0. The van der Waals surface area contributed by atoms with Crippen molar-refractivity contribution in [2.24, 2.45) is 5.92 Å². The second-order valence-electron chi connectivity index (χ2n) is 11.0. The van der Waals surface area contributed by atoms with E-state index in [2.05, 4.69) is 86.3 Å². The number of carbonyl (C=O) groups excluding carboxylic acids is 1. The minimum Gasteiger partial charge on any atom is -0.508 e. The van der Waals surface area contributed by atoms with Gasteiger partial charge in [-0.15, -0.1) is 0 Å². The molecule has 0 unspecified atom stereocenters. The maximum atomic E-state index is 12.7. The van der Waals surface area contributed by atoms with E-state index in [1.165, 1.54) is 24.0 Å². The maximum absolute atomic E-state index is 12.7. The lowest BCUT2D eigenvalue weighted by molar-refractivity contribution is 0.0969. The first-order chi connectivity index (χ1) is 16.8. The molecule has 0 radical (unpaired) electrons. The second-order valence-corrected chi connectivity index (χ2v) is 11.0. The summed E-state index contributed by atoms with van der Waals surface area (Å²) in [4.78, 5) is 15.2. The fourth-order valence-corrected chi connectivity index (χ4v) is 5.51. The normalized spacial score (nSPS) is 15.4. The van der Waals surface area contributed by atoms with Crippen LogP contribution in [0, 0.1) is 5.92 Å². The molecule has 35 heavy (non-hydrogen) atoms. The molecule has 0 bridgehead atoms. The number of piperidine rings is 1. The predicted octanol–water partition coefficient (Wildman–Crippen LogP) is 7.20. The van der Waals surface area contributed by atoms with E-state index < -0.39 is 0 Å². The molecule has 0 amide bonds. The molecule has 0 atom stereocenters. The summed E-state index contributed by atoms with van der Waals surface area (Å²) in [7, 11) is 0. The van der Waals surface area contributed by atoms with Gasteiger partial charge in [0, 0.05) is 17.9 Å². The number of carbonyl (C=O) groups is 1. The monoisotopic (exact) mass is 469 g/mol. The highest BCUT2D eigenvalue weighted by atomic mass is 16.3. The number of hydrogen-bond donors (Lipinski definition) is 1. The Morgan fingerprint density at radius 1 is 0.914 bits per heavy atom. The molecular weight excluding hydrogens is 430 g/mol. The number of likely N-dealkylation sites (tertiary alicyclic amines) is 1. The van der Waals surface area contributed by atoms with Crippen molar-refractivity contribution < 1.29 is 9.90 Å². The summed E-state index contributed by atoms with van der Waals surface area (Å²) in [6.07, 6.45) is 3.71. The van der Waals surface area contributed by atoms with Crippen molar-refractivity contribution in [1.82, 2.24) is 4.90 Å². The number of benzene rings is 3. The van der Waals surface area contributed by atoms with Gasteiger partial charge in [-0.3, -0.25) is 4.79 Å². The summed E-state index contributed by atoms with van der Waals surface area (Å²) in [5.74, 6) is 1.40. The highest BCUT2D eigenvalue weighted by Crippen LogP contribution is 2.38. The molecule has 184 valence electrons. The zero-order valence-electron chi connectivity index (χ0n) is 21.4. The Bertz CT molecular complexity index is 1050. The van der Waals surface area contributed by atoms with Crippen molar-refractivity contribution in [3.05, 3.63) is 101 Å². The lowest BCUT2D eigenvalue weighted by Crippen LogP contribution is -2.36. The van der Waals surface area contributed by atoms with E-state index in [1.807, 2.05) is 12.1 Å². The molecule has 0 saturated carbocycles. The number of nitrogens with zero attached hydrogens (tertiary/aromatic N) is 1. The van der Waals surface area contributed by atoms with E-state index in [1.54, 1.807) is 6.07 Å². The van der Waals surface area contributed by atoms with Gasteiger partial charge in [0.05, 0.1) is 0 Å². The molecule has 4 rings (SSSR count). The molecule has 0 aromatic heterocycles. The number of aromatic hydroxyl groups is 1. The Morgan fingerprint density at radius 2 is 1.49 bits per heavy atom. The molecular formula is C32H39NO2. The van der Waals surface area contributed by atoms with E-state index in [0.717, 1.165) is 31.6 Å². The van der Waals surface area contributed by atoms with Crippen LogP contribution in [0.2, 0.25) is 0 Å². The first kappa shape index (κ1) is 25.2. The molecule has 1 saturated heterocycles. The van der Waals surface area contributed by atoms with Crippen LogP contribution in [0.25, 0.3) is 0 Å². The fourth-order valence-electron chi connectivity index (χ4n) is 5.51. The first-order valence-corrected chi connectivity index (χ1v) is 13.0. The van der Waals surface area contributed by atoms with E-state index in [-0.39, 0.29) is 16.9 Å². The minimum atomic E-state index is -0.141. The van der Waals surface area contributed by atoms with Crippen molar-refractivity contribution >= 4 is 5.78 Å². The number of ketones is 1. The predicted molar refractivity (Wildman–Crippen MR) is 144 cm³/mol. The molecule has 0 spiro atoms. The van der Waals surface area contributed by atoms with Gasteiger partial charge in [0.2, 0.25) is 0 Å². The van der Waals surface area contributed by atoms with Gasteiger partial charge < -0.3 is 10.0 Å². The lowest BCUT2D eigenvalue weighted by Gasteiger charge is -2.36. The zero-order valence-corrected chi connectivity index (χ0v) is 21.4. The average molecular weight is 470 g/mol. The molecule has 0 aliphatic carbocycles. The van der Waals surface area contributed by atoms with Crippen molar-refractivity contribution in [3.63, 3.8) is 0 Å². The molecule has 3 nitrogen and oxygen atoms in total. The van der Waals surface area contributed by atoms with Crippen molar-refractivity contribution in [3.8, 4) is 5.75 Å². The van der Waals surface area contributed by atoms with Crippen molar-refractivity contribution in [1.29, 1.82) is 0 Å². The smallest absolute Gasteiger partial charge is 0.163 e. The van der Waals surface area contributed by atoms with Crippen molar-refractivity contribution in [2.45, 2.75) is 57.8 Å². The highest BCUT2D eigenvalue weighted by Gasteiger charge is 2.28. The minimum absolute atomic E-state index is 0.115. The molecule has 3 heteroatoms. The van der Waals surface area contributed by atoms with Crippen LogP contribution in [0.5, 0.6) is 5.75 Å². The van der Waals surface area contributed by atoms with Crippen LogP contribution in [-0.2, 0) is 5.41 Å². The third kappa shape index (κ3) is 6.41. The molecule has 1 N–H and O–H groups in total. The van der Waals surface area contributed by atoms with Crippen LogP contribution >= 0.6 is 0 Å². The van der Waals surface area contributed by atoms with Crippen LogP contribution in [0.1, 0.15) is 79.4 Å². The molecule has 1 heterocycles.